The van der Waals surface area contributed by atoms with Crippen molar-refractivity contribution in [3.05, 3.63) is 46.5 Å². The molecule has 0 aliphatic rings. The van der Waals surface area contributed by atoms with Crippen LogP contribution in [0.4, 0.5) is 0 Å². The van der Waals surface area contributed by atoms with Gasteiger partial charge in [0.25, 0.3) is 0 Å². The van der Waals surface area contributed by atoms with Crippen LogP contribution in [0.1, 0.15) is 36.7 Å². The number of hydrogen-bond acceptors (Lipinski definition) is 4. The van der Waals surface area contributed by atoms with Crippen LogP contribution in [0.2, 0.25) is 0 Å². The zero-order chi connectivity index (χ0) is 12.8. The van der Waals surface area contributed by atoms with Gasteiger partial charge in [-0.1, -0.05) is 42.6 Å². The highest BCUT2D eigenvalue weighted by Gasteiger charge is 2.13. The van der Waals surface area contributed by atoms with Crippen molar-refractivity contribution in [1.82, 2.24) is 14.9 Å². The minimum absolute atomic E-state index is 0.265. The lowest BCUT2D eigenvalue weighted by atomic mass is 10.0. The molecule has 3 nitrogen and oxygen atoms in total. The van der Waals surface area contributed by atoms with E-state index in [1.165, 1.54) is 22.7 Å². The second kappa shape index (κ2) is 6.61. The molecule has 0 bridgehead atoms. The van der Waals surface area contributed by atoms with Crippen LogP contribution in [-0.4, -0.2) is 16.1 Å². The van der Waals surface area contributed by atoms with Gasteiger partial charge in [0.05, 0.1) is 11.7 Å². The summed E-state index contributed by atoms with van der Waals surface area (Å²) in [5.74, 6) is 0. The van der Waals surface area contributed by atoms with Gasteiger partial charge in [0, 0.05) is 5.38 Å². The molecule has 0 aliphatic carbocycles. The first-order valence-electron chi connectivity index (χ1n) is 6.41. The molecule has 0 spiro atoms. The lowest BCUT2D eigenvalue weighted by Gasteiger charge is -2.15. The minimum Gasteiger partial charge on any atom is -0.309 e. The zero-order valence-corrected chi connectivity index (χ0v) is 11.7. The molecule has 0 aliphatic heterocycles. The monoisotopic (exact) mass is 261 g/mol. The fourth-order valence-electron chi connectivity index (χ4n) is 2.00. The Morgan fingerprint density at radius 3 is 2.44 bits per heavy atom. The first-order valence-corrected chi connectivity index (χ1v) is 7.25. The van der Waals surface area contributed by atoms with Crippen molar-refractivity contribution in [2.45, 2.75) is 32.7 Å². The predicted molar refractivity (Wildman–Crippen MR) is 75.9 cm³/mol. The van der Waals surface area contributed by atoms with Gasteiger partial charge in [-0.15, -0.1) is 5.10 Å². The SMILES string of the molecule is CCNC(Cc1ccc(CC)cc1)c1csnn1. The summed E-state index contributed by atoms with van der Waals surface area (Å²) in [6, 6.07) is 9.10. The van der Waals surface area contributed by atoms with Crippen molar-refractivity contribution >= 4 is 11.5 Å². The van der Waals surface area contributed by atoms with E-state index in [1.807, 2.05) is 5.38 Å². The van der Waals surface area contributed by atoms with E-state index in [4.69, 9.17) is 0 Å². The molecule has 0 amide bonds. The topological polar surface area (TPSA) is 37.8 Å². The summed E-state index contributed by atoms with van der Waals surface area (Å²) in [5, 5.41) is 9.66. The first-order chi connectivity index (χ1) is 8.83. The van der Waals surface area contributed by atoms with Crippen LogP contribution >= 0.6 is 11.5 Å². The maximum atomic E-state index is 4.17. The average molecular weight is 261 g/mol. The molecule has 4 heteroatoms. The highest BCUT2D eigenvalue weighted by molar-refractivity contribution is 7.03. The van der Waals surface area contributed by atoms with Gasteiger partial charge in [0.2, 0.25) is 0 Å². The maximum Gasteiger partial charge on any atom is 0.0928 e. The molecule has 1 heterocycles. The predicted octanol–water partition coefficient (Wildman–Crippen LogP) is 2.99. The van der Waals surface area contributed by atoms with Gasteiger partial charge in [-0.2, -0.15) is 0 Å². The van der Waals surface area contributed by atoms with E-state index in [9.17, 15) is 0 Å². The molecule has 1 atom stereocenters. The Hall–Kier alpha value is -1.26. The van der Waals surface area contributed by atoms with Gasteiger partial charge in [0.1, 0.15) is 0 Å². The largest absolute Gasteiger partial charge is 0.309 e. The van der Waals surface area contributed by atoms with Crippen LogP contribution in [0.5, 0.6) is 0 Å². The summed E-state index contributed by atoms with van der Waals surface area (Å²) in [6.07, 6.45) is 2.05. The van der Waals surface area contributed by atoms with Gasteiger partial charge in [-0.05, 0) is 42.0 Å². The maximum absolute atomic E-state index is 4.17. The molecular weight excluding hydrogens is 242 g/mol. The number of aryl methyl sites for hydroxylation is 1. The molecule has 2 rings (SSSR count). The van der Waals surface area contributed by atoms with E-state index in [2.05, 4.69) is 53.0 Å². The summed E-state index contributed by atoms with van der Waals surface area (Å²) in [6.45, 7) is 5.24. The third-order valence-electron chi connectivity index (χ3n) is 3.06. The lowest BCUT2D eigenvalue weighted by Crippen LogP contribution is -2.23. The summed E-state index contributed by atoms with van der Waals surface area (Å²) in [5.41, 5.74) is 3.77. The van der Waals surface area contributed by atoms with Gasteiger partial charge in [-0.3, -0.25) is 0 Å². The van der Waals surface area contributed by atoms with E-state index in [1.54, 1.807) is 0 Å². The minimum atomic E-state index is 0.265. The van der Waals surface area contributed by atoms with Crippen LogP contribution in [0.3, 0.4) is 0 Å². The fourth-order valence-corrected chi connectivity index (χ4v) is 2.51. The number of aromatic nitrogens is 2. The molecule has 1 unspecified atom stereocenters. The van der Waals surface area contributed by atoms with Crippen molar-refractivity contribution in [2.75, 3.05) is 6.54 Å². The molecule has 18 heavy (non-hydrogen) atoms. The van der Waals surface area contributed by atoms with Crippen LogP contribution < -0.4 is 5.32 Å². The molecule has 2 aromatic rings. The molecule has 1 aromatic heterocycles. The number of nitrogens with zero attached hydrogens (tertiary/aromatic N) is 2. The Kier molecular flexibility index (Phi) is 4.84. The molecule has 0 fully saturated rings. The second-order valence-corrected chi connectivity index (χ2v) is 4.92. The molecule has 1 aromatic carbocycles. The molecule has 96 valence electrons. The molecule has 0 saturated carbocycles. The Morgan fingerprint density at radius 1 is 1.17 bits per heavy atom. The average Bonchev–Trinajstić information content (AvgIpc) is 2.93. The molecule has 0 saturated heterocycles. The van der Waals surface area contributed by atoms with E-state index in [0.29, 0.717) is 0 Å². The van der Waals surface area contributed by atoms with Crippen molar-refractivity contribution < 1.29 is 0 Å². The zero-order valence-electron chi connectivity index (χ0n) is 10.9. The van der Waals surface area contributed by atoms with Gasteiger partial charge in [0.15, 0.2) is 0 Å². The summed E-state index contributed by atoms with van der Waals surface area (Å²) < 4.78 is 3.95. The quantitative estimate of drug-likeness (QED) is 0.868. The first kappa shape index (κ1) is 13.2. The van der Waals surface area contributed by atoms with Crippen LogP contribution in [0.25, 0.3) is 0 Å². The number of nitrogens with one attached hydrogen (secondary N) is 1. The Morgan fingerprint density at radius 2 is 1.89 bits per heavy atom. The summed E-state index contributed by atoms with van der Waals surface area (Å²) in [7, 11) is 0. The highest BCUT2D eigenvalue weighted by atomic mass is 32.1. The van der Waals surface area contributed by atoms with E-state index in [0.717, 1.165) is 25.1 Å². The lowest BCUT2D eigenvalue weighted by molar-refractivity contribution is 0.535. The normalized spacial score (nSPS) is 12.6. The van der Waals surface area contributed by atoms with Gasteiger partial charge < -0.3 is 5.32 Å². The van der Waals surface area contributed by atoms with Crippen molar-refractivity contribution in [3.8, 4) is 0 Å². The van der Waals surface area contributed by atoms with E-state index < -0.39 is 0 Å². The number of likely N-dealkylation sites (N-methyl/N-ethyl adjacent to an activating group) is 1. The van der Waals surface area contributed by atoms with Crippen molar-refractivity contribution in [3.63, 3.8) is 0 Å². The number of rotatable bonds is 6. The van der Waals surface area contributed by atoms with E-state index >= 15 is 0 Å². The highest BCUT2D eigenvalue weighted by Crippen LogP contribution is 2.18. The Balaban J connectivity index is 2.08. The standard InChI is InChI=1S/C14H19N3S/c1-3-11-5-7-12(8-6-11)9-13(15-4-2)14-10-18-17-16-14/h5-8,10,13,15H,3-4,9H2,1-2H3. The smallest absolute Gasteiger partial charge is 0.0928 e. The van der Waals surface area contributed by atoms with Gasteiger partial charge in [-0.25, -0.2) is 0 Å². The Bertz CT molecular complexity index is 450. The number of hydrogen-bond donors (Lipinski definition) is 1. The van der Waals surface area contributed by atoms with Crippen LogP contribution in [0, 0.1) is 0 Å². The fraction of sp³-hybridized carbons (Fsp3) is 0.429. The molecule has 1 N–H and O–H groups in total. The van der Waals surface area contributed by atoms with Gasteiger partial charge >= 0.3 is 0 Å². The number of benzene rings is 1. The van der Waals surface area contributed by atoms with Crippen LogP contribution in [0.15, 0.2) is 29.6 Å². The van der Waals surface area contributed by atoms with E-state index in [-0.39, 0.29) is 6.04 Å². The third kappa shape index (κ3) is 3.37. The Labute approximate surface area is 112 Å². The van der Waals surface area contributed by atoms with Crippen molar-refractivity contribution in [1.29, 1.82) is 0 Å². The molecule has 0 radical (unpaired) electrons. The summed E-state index contributed by atoms with van der Waals surface area (Å²) in [4.78, 5) is 0. The van der Waals surface area contributed by atoms with Crippen molar-refractivity contribution in [2.24, 2.45) is 0 Å². The van der Waals surface area contributed by atoms with Crippen LogP contribution in [-0.2, 0) is 12.8 Å². The third-order valence-corrected chi connectivity index (χ3v) is 3.58. The molecular formula is C14H19N3S. The summed E-state index contributed by atoms with van der Waals surface area (Å²) >= 11 is 1.41. The second-order valence-electron chi connectivity index (χ2n) is 4.31.